The Balaban J connectivity index is 1.62. The Morgan fingerprint density at radius 1 is 1.00 bits per heavy atom. The monoisotopic (exact) mass is 323 g/mol. The number of ether oxygens (including phenoxy) is 1. The van der Waals surface area contributed by atoms with Crippen LogP contribution in [0.25, 0.3) is 0 Å². The number of hydrogen-bond donors (Lipinski definition) is 1. The van der Waals surface area contributed by atoms with Gasteiger partial charge in [0.25, 0.3) is 0 Å². The molecule has 1 fully saturated rings. The maximum absolute atomic E-state index is 10.9. The fraction of sp³-hybridized carbons (Fsp3) is 0.350. The molecule has 4 nitrogen and oxygen atoms in total. The van der Waals surface area contributed by atoms with Gasteiger partial charge < -0.3 is 9.84 Å². The van der Waals surface area contributed by atoms with Crippen LogP contribution in [0.4, 0.5) is 0 Å². The number of piperidine rings is 1. The summed E-state index contributed by atoms with van der Waals surface area (Å²) in [6.45, 7) is 1.84. The van der Waals surface area contributed by atoms with E-state index in [0.717, 1.165) is 37.4 Å². The molecule has 1 N–H and O–H groups in total. The lowest BCUT2D eigenvalue weighted by Gasteiger charge is -2.38. The number of hydrogen-bond acceptors (Lipinski definition) is 3. The van der Waals surface area contributed by atoms with E-state index < -0.39 is 5.97 Å². The molecule has 0 aliphatic carbocycles. The Morgan fingerprint density at radius 3 is 2.08 bits per heavy atom. The van der Waals surface area contributed by atoms with E-state index in [9.17, 15) is 4.79 Å². The summed E-state index contributed by atoms with van der Waals surface area (Å²) in [4.78, 5) is 13.0. The molecule has 0 amide bonds. The van der Waals surface area contributed by atoms with Gasteiger partial charge in [0.15, 0.2) is 0 Å². The summed E-state index contributed by atoms with van der Waals surface area (Å²) in [5.74, 6) is 2.01. The minimum atomic E-state index is -0.741. The molecule has 2 aliphatic rings. The molecule has 2 aliphatic heterocycles. The number of carboxylic acid groups (broad SMARTS) is 1. The summed E-state index contributed by atoms with van der Waals surface area (Å²) in [6, 6.07) is 16.6. The Morgan fingerprint density at radius 2 is 1.54 bits per heavy atom. The maximum atomic E-state index is 10.9. The van der Waals surface area contributed by atoms with Gasteiger partial charge in [-0.1, -0.05) is 36.4 Å². The van der Waals surface area contributed by atoms with Gasteiger partial charge in [-0.05, 0) is 44.0 Å². The van der Waals surface area contributed by atoms with Crippen LogP contribution in [0.2, 0.25) is 0 Å². The highest BCUT2D eigenvalue weighted by molar-refractivity contribution is 5.69. The second-order valence-corrected chi connectivity index (χ2v) is 6.66. The first kappa shape index (κ1) is 15.2. The summed E-state index contributed by atoms with van der Waals surface area (Å²) in [5, 5.41) is 8.98. The number of rotatable bonds is 3. The van der Waals surface area contributed by atoms with Gasteiger partial charge in [0.05, 0.1) is 6.54 Å². The van der Waals surface area contributed by atoms with Gasteiger partial charge in [0.2, 0.25) is 0 Å². The SMILES string of the molecule is O=C(O)CN1CCC(C2c3ccccc3Oc3ccccc32)CC1. The highest BCUT2D eigenvalue weighted by Gasteiger charge is 2.35. The Labute approximate surface area is 141 Å². The van der Waals surface area contributed by atoms with Crippen molar-refractivity contribution in [2.24, 2.45) is 5.92 Å². The quantitative estimate of drug-likeness (QED) is 0.935. The lowest BCUT2D eigenvalue weighted by atomic mass is 9.74. The van der Waals surface area contributed by atoms with Gasteiger partial charge in [-0.3, -0.25) is 9.69 Å². The van der Waals surface area contributed by atoms with Crippen molar-refractivity contribution in [2.75, 3.05) is 19.6 Å². The summed E-state index contributed by atoms with van der Waals surface area (Å²) in [6.07, 6.45) is 2.03. The molecule has 4 heteroatoms. The van der Waals surface area contributed by atoms with Crippen LogP contribution in [0, 0.1) is 5.92 Å². The number of para-hydroxylation sites is 2. The molecular formula is C20H21NO3. The van der Waals surface area contributed by atoms with Crippen molar-refractivity contribution in [2.45, 2.75) is 18.8 Å². The minimum Gasteiger partial charge on any atom is -0.480 e. The number of fused-ring (bicyclic) bond motifs is 2. The number of carbonyl (C=O) groups is 1. The Hall–Kier alpha value is -2.33. The molecule has 0 bridgehead atoms. The van der Waals surface area contributed by atoms with Crippen LogP contribution < -0.4 is 4.74 Å². The average molecular weight is 323 g/mol. The topological polar surface area (TPSA) is 49.8 Å². The van der Waals surface area contributed by atoms with Crippen molar-refractivity contribution in [1.82, 2.24) is 4.90 Å². The van der Waals surface area contributed by atoms with Crippen molar-refractivity contribution < 1.29 is 14.6 Å². The van der Waals surface area contributed by atoms with Gasteiger partial charge in [0.1, 0.15) is 11.5 Å². The van der Waals surface area contributed by atoms with Crippen LogP contribution in [0.15, 0.2) is 48.5 Å². The third kappa shape index (κ3) is 2.78. The molecule has 0 unspecified atom stereocenters. The number of carboxylic acids is 1. The number of likely N-dealkylation sites (tertiary alicyclic amines) is 1. The fourth-order valence-corrected chi connectivity index (χ4v) is 4.09. The van der Waals surface area contributed by atoms with Crippen molar-refractivity contribution in [1.29, 1.82) is 0 Å². The van der Waals surface area contributed by atoms with Gasteiger partial charge in [-0.25, -0.2) is 0 Å². The predicted octanol–water partition coefficient (Wildman–Crippen LogP) is 3.72. The van der Waals surface area contributed by atoms with Crippen LogP contribution in [-0.4, -0.2) is 35.6 Å². The zero-order valence-electron chi connectivity index (χ0n) is 13.5. The highest BCUT2D eigenvalue weighted by atomic mass is 16.5. The third-order valence-corrected chi connectivity index (χ3v) is 5.19. The molecule has 0 radical (unpaired) electrons. The van der Waals surface area contributed by atoms with E-state index in [1.165, 1.54) is 11.1 Å². The Bertz CT molecular complexity index is 705. The molecule has 0 spiro atoms. The smallest absolute Gasteiger partial charge is 0.317 e. The van der Waals surface area contributed by atoms with Crippen LogP contribution in [0.1, 0.15) is 29.9 Å². The van der Waals surface area contributed by atoms with Crippen molar-refractivity contribution in [3.8, 4) is 11.5 Å². The molecule has 0 aromatic heterocycles. The average Bonchev–Trinajstić information content (AvgIpc) is 2.60. The van der Waals surface area contributed by atoms with Crippen LogP contribution in [-0.2, 0) is 4.79 Å². The molecule has 24 heavy (non-hydrogen) atoms. The van der Waals surface area contributed by atoms with Gasteiger partial charge in [-0.15, -0.1) is 0 Å². The lowest BCUT2D eigenvalue weighted by molar-refractivity contribution is -0.138. The highest BCUT2D eigenvalue weighted by Crippen LogP contribution is 2.49. The number of benzene rings is 2. The molecular weight excluding hydrogens is 302 g/mol. The first-order chi connectivity index (χ1) is 11.7. The maximum Gasteiger partial charge on any atom is 0.317 e. The summed E-state index contributed by atoms with van der Waals surface area (Å²) in [7, 11) is 0. The van der Waals surface area contributed by atoms with Crippen LogP contribution >= 0.6 is 0 Å². The van der Waals surface area contributed by atoms with Gasteiger partial charge in [0, 0.05) is 17.0 Å². The zero-order chi connectivity index (χ0) is 16.5. The first-order valence-electron chi connectivity index (χ1n) is 8.52. The van der Waals surface area contributed by atoms with Crippen molar-refractivity contribution in [3.05, 3.63) is 59.7 Å². The first-order valence-corrected chi connectivity index (χ1v) is 8.52. The second kappa shape index (κ2) is 6.29. The van der Waals surface area contributed by atoms with Crippen molar-refractivity contribution >= 4 is 5.97 Å². The van der Waals surface area contributed by atoms with E-state index in [0.29, 0.717) is 11.8 Å². The molecule has 1 saturated heterocycles. The molecule has 124 valence electrons. The largest absolute Gasteiger partial charge is 0.480 e. The summed E-state index contributed by atoms with van der Waals surface area (Å²) < 4.78 is 6.08. The van der Waals surface area contributed by atoms with Gasteiger partial charge >= 0.3 is 5.97 Å². The Kier molecular flexibility index (Phi) is 3.98. The predicted molar refractivity (Wildman–Crippen MR) is 91.6 cm³/mol. The molecule has 4 rings (SSSR count). The van der Waals surface area contributed by atoms with Gasteiger partial charge in [-0.2, -0.15) is 0 Å². The molecule has 2 aromatic rings. The van der Waals surface area contributed by atoms with Crippen LogP contribution in [0.3, 0.4) is 0 Å². The summed E-state index contributed by atoms with van der Waals surface area (Å²) >= 11 is 0. The number of nitrogens with zero attached hydrogens (tertiary/aromatic N) is 1. The molecule has 0 atom stereocenters. The second-order valence-electron chi connectivity index (χ2n) is 6.66. The van der Waals surface area contributed by atoms with E-state index in [-0.39, 0.29) is 6.54 Å². The van der Waals surface area contributed by atoms with E-state index >= 15 is 0 Å². The zero-order valence-corrected chi connectivity index (χ0v) is 13.5. The molecule has 2 aromatic carbocycles. The van der Waals surface area contributed by atoms with E-state index in [1.54, 1.807) is 0 Å². The van der Waals surface area contributed by atoms with E-state index in [4.69, 9.17) is 9.84 Å². The fourth-order valence-electron chi connectivity index (χ4n) is 4.09. The third-order valence-electron chi connectivity index (χ3n) is 5.19. The van der Waals surface area contributed by atoms with Crippen molar-refractivity contribution in [3.63, 3.8) is 0 Å². The lowest BCUT2D eigenvalue weighted by Crippen LogP contribution is -2.39. The molecule has 2 heterocycles. The standard InChI is InChI=1S/C20H21NO3/c22-19(23)13-21-11-9-14(10-12-21)20-15-5-1-3-7-17(15)24-18-8-4-2-6-16(18)20/h1-8,14,20H,9-13H2,(H,22,23). The molecule has 0 saturated carbocycles. The minimum absolute atomic E-state index is 0.146. The van der Waals surface area contributed by atoms with Crippen LogP contribution in [0.5, 0.6) is 11.5 Å². The normalized spacial score (nSPS) is 18.5. The van der Waals surface area contributed by atoms with E-state index in [1.807, 2.05) is 29.2 Å². The van der Waals surface area contributed by atoms with E-state index in [2.05, 4.69) is 24.3 Å². The number of aliphatic carboxylic acids is 1. The summed E-state index contributed by atoms with van der Waals surface area (Å²) in [5.41, 5.74) is 2.51.